The van der Waals surface area contributed by atoms with Crippen molar-refractivity contribution >= 4 is 28.5 Å². The van der Waals surface area contributed by atoms with Crippen LogP contribution >= 0.6 is 11.6 Å². The summed E-state index contributed by atoms with van der Waals surface area (Å²) in [5, 5.41) is 0.920. The lowest BCUT2D eigenvalue weighted by Crippen LogP contribution is -2.06. The molecule has 1 aromatic heterocycles. The van der Waals surface area contributed by atoms with Gasteiger partial charge >= 0.3 is 5.97 Å². The molecule has 0 aliphatic carbocycles. The number of benzene rings is 1. The summed E-state index contributed by atoms with van der Waals surface area (Å²) in [6, 6.07) is 5.39. The number of pyridine rings is 1. The Kier molecular flexibility index (Phi) is 3.67. The smallest absolute Gasteiger partial charge is 0.341 e. The van der Waals surface area contributed by atoms with E-state index >= 15 is 0 Å². The number of hydrogen-bond donors (Lipinski definition) is 0. The maximum Gasteiger partial charge on any atom is 0.341 e. The number of halogens is 1. The van der Waals surface area contributed by atoms with Crippen molar-refractivity contribution < 1.29 is 14.3 Å². The first-order chi connectivity index (χ1) is 8.69. The average molecular weight is 266 g/mol. The predicted molar refractivity (Wildman–Crippen MR) is 69.3 cm³/mol. The SMILES string of the molecule is CCOC(=O)c1cnc2cccc(OC)c2c1Cl. The average Bonchev–Trinajstić information content (AvgIpc) is 2.38. The molecule has 0 bridgehead atoms. The molecule has 0 spiro atoms. The third-order valence-electron chi connectivity index (χ3n) is 2.51. The van der Waals surface area contributed by atoms with Crippen LogP contribution in [-0.2, 0) is 4.74 Å². The lowest BCUT2D eigenvalue weighted by molar-refractivity contribution is 0.0526. The predicted octanol–water partition coefficient (Wildman–Crippen LogP) is 3.07. The Bertz CT molecular complexity index is 598. The summed E-state index contributed by atoms with van der Waals surface area (Å²) in [6.45, 7) is 2.03. The van der Waals surface area contributed by atoms with E-state index in [-0.39, 0.29) is 5.56 Å². The molecule has 0 saturated heterocycles. The first kappa shape index (κ1) is 12.6. The van der Waals surface area contributed by atoms with Crippen LogP contribution in [0, 0.1) is 0 Å². The fraction of sp³-hybridized carbons (Fsp3) is 0.231. The van der Waals surface area contributed by atoms with Crippen LogP contribution in [0.3, 0.4) is 0 Å². The molecule has 0 saturated carbocycles. The van der Waals surface area contributed by atoms with Gasteiger partial charge in [-0.25, -0.2) is 4.79 Å². The summed E-state index contributed by atoms with van der Waals surface area (Å²) < 4.78 is 10.2. The van der Waals surface area contributed by atoms with Crippen molar-refractivity contribution in [2.24, 2.45) is 0 Å². The zero-order valence-electron chi connectivity index (χ0n) is 10.1. The van der Waals surface area contributed by atoms with E-state index in [2.05, 4.69) is 4.98 Å². The van der Waals surface area contributed by atoms with Gasteiger partial charge in [0, 0.05) is 6.20 Å². The number of carbonyl (C=O) groups is 1. The Morgan fingerprint density at radius 2 is 2.22 bits per heavy atom. The molecule has 18 heavy (non-hydrogen) atoms. The van der Waals surface area contributed by atoms with Gasteiger partial charge in [0.1, 0.15) is 5.75 Å². The van der Waals surface area contributed by atoms with Gasteiger partial charge in [-0.3, -0.25) is 4.98 Å². The number of fused-ring (bicyclic) bond motifs is 1. The van der Waals surface area contributed by atoms with E-state index in [0.29, 0.717) is 28.3 Å². The molecule has 1 aromatic carbocycles. The number of ether oxygens (including phenoxy) is 2. The molecule has 0 atom stereocenters. The van der Waals surface area contributed by atoms with E-state index in [1.807, 2.05) is 6.07 Å². The number of hydrogen-bond acceptors (Lipinski definition) is 4. The zero-order valence-corrected chi connectivity index (χ0v) is 10.8. The minimum absolute atomic E-state index is 0.246. The summed E-state index contributed by atoms with van der Waals surface area (Å²) in [5.41, 5.74) is 0.919. The van der Waals surface area contributed by atoms with Crippen molar-refractivity contribution in [3.8, 4) is 5.75 Å². The second kappa shape index (κ2) is 5.23. The van der Waals surface area contributed by atoms with Crippen molar-refractivity contribution in [2.45, 2.75) is 6.92 Å². The Hall–Kier alpha value is -1.81. The zero-order chi connectivity index (χ0) is 13.1. The van der Waals surface area contributed by atoms with Gasteiger partial charge in [-0.2, -0.15) is 0 Å². The van der Waals surface area contributed by atoms with Crippen LogP contribution in [0.15, 0.2) is 24.4 Å². The van der Waals surface area contributed by atoms with Crippen molar-refractivity contribution in [3.63, 3.8) is 0 Å². The third-order valence-corrected chi connectivity index (χ3v) is 2.90. The fourth-order valence-electron chi connectivity index (χ4n) is 1.69. The standard InChI is InChI=1S/C13H12ClNO3/c1-3-18-13(16)8-7-15-9-5-4-6-10(17-2)11(9)12(8)14/h4-7H,3H2,1-2H3. The van der Waals surface area contributed by atoms with E-state index in [9.17, 15) is 4.79 Å². The monoisotopic (exact) mass is 265 g/mol. The highest BCUT2D eigenvalue weighted by atomic mass is 35.5. The highest BCUT2D eigenvalue weighted by molar-refractivity contribution is 6.38. The lowest BCUT2D eigenvalue weighted by Gasteiger charge is -2.09. The maximum absolute atomic E-state index is 11.7. The lowest BCUT2D eigenvalue weighted by atomic mass is 10.1. The summed E-state index contributed by atoms with van der Waals surface area (Å²) in [4.78, 5) is 15.9. The van der Waals surface area contributed by atoms with E-state index in [4.69, 9.17) is 21.1 Å². The molecule has 0 fully saturated rings. The molecule has 2 aromatic rings. The maximum atomic E-state index is 11.7. The van der Waals surface area contributed by atoms with E-state index in [1.165, 1.54) is 6.20 Å². The highest BCUT2D eigenvalue weighted by Crippen LogP contribution is 2.33. The minimum Gasteiger partial charge on any atom is -0.496 e. The normalized spacial score (nSPS) is 10.4. The van der Waals surface area contributed by atoms with Gasteiger partial charge in [-0.15, -0.1) is 0 Å². The van der Waals surface area contributed by atoms with Crippen molar-refractivity contribution in [1.82, 2.24) is 4.98 Å². The van der Waals surface area contributed by atoms with Gasteiger partial charge in [-0.1, -0.05) is 17.7 Å². The molecule has 5 heteroatoms. The van der Waals surface area contributed by atoms with Crippen LogP contribution in [0.25, 0.3) is 10.9 Å². The molecule has 0 N–H and O–H groups in total. The first-order valence-corrected chi connectivity index (χ1v) is 5.85. The molecule has 1 heterocycles. The minimum atomic E-state index is -0.484. The van der Waals surface area contributed by atoms with Crippen molar-refractivity contribution in [2.75, 3.05) is 13.7 Å². The second-order valence-corrected chi connectivity index (χ2v) is 3.94. The van der Waals surface area contributed by atoms with E-state index in [0.717, 1.165) is 0 Å². The summed E-state index contributed by atoms with van der Waals surface area (Å²) in [5.74, 6) is 0.0963. The van der Waals surface area contributed by atoms with Gasteiger partial charge in [0.2, 0.25) is 0 Å². The van der Waals surface area contributed by atoms with Crippen LogP contribution in [0.1, 0.15) is 17.3 Å². The molecule has 0 amide bonds. The van der Waals surface area contributed by atoms with E-state index < -0.39 is 5.97 Å². The third kappa shape index (κ3) is 2.11. The van der Waals surface area contributed by atoms with Gasteiger partial charge in [0.25, 0.3) is 0 Å². The largest absolute Gasteiger partial charge is 0.496 e. The highest BCUT2D eigenvalue weighted by Gasteiger charge is 2.17. The van der Waals surface area contributed by atoms with E-state index in [1.54, 1.807) is 26.2 Å². The molecule has 0 aliphatic heterocycles. The van der Waals surface area contributed by atoms with Crippen LogP contribution in [-0.4, -0.2) is 24.7 Å². The number of nitrogens with zero attached hydrogens (tertiary/aromatic N) is 1. The molecule has 0 unspecified atom stereocenters. The molecule has 0 aliphatic rings. The molecule has 0 radical (unpaired) electrons. The molecular weight excluding hydrogens is 254 g/mol. The van der Waals surface area contributed by atoms with Crippen molar-refractivity contribution in [3.05, 3.63) is 35.0 Å². The number of carbonyl (C=O) groups excluding carboxylic acids is 1. The first-order valence-electron chi connectivity index (χ1n) is 5.47. The summed E-state index contributed by atoms with van der Waals surface area (Å²) in [7, 11) is 1.54. The van der Waals surface area contributed by atoms with Crippen LogP contribution < -0.4 is 4.74 Å². The van der Waals surface area contributed by atoms with Crippen LogP contribution in [0.4, 0.5) is 0 Å². The quantitative estimate of drug-likeness (QED) is 0.800. The van der Waals surface area contributed by atoms with Crippen LogP contribution in [0.5, 0.6) is 5.75 Å². The molecular formula is C13H12ClNO3. The number of aromatic nitrogens is 1. The molecule has 4 nitrogen and oxygen atoms in total. The Balaban J connectivity index is 2.66. The number of methoxy groups -OCH3 is 1. The molecule has 94 valence electrons. The topological polar surface area (TPSA) is 48.4 Å². The van der Waals surface area contributed by atoms with Crippen molar-refractivity contribution in [1.29, 1.82) is 0 Å². The Morgan fingerprint density at radius 1 is 1.44 bits per heavy atom. The van der Waals surface area contributed by atoms with Gasteiger partial charge < -0.3 is 9.47 Å². The van der Waals surface area contributed by atoms with Gasteiger partial charge in [0.15, 0.2) is 0 Å². The summed E-state index contributed by atoms with van der Waals surface area (Å²) >= 11 is 6.24. The molecule has 2 rings (SSSR count). The van der Waals surface area contributed by atoms with Gasteiger partial charge in [-0.05, 0) is 19.1 Å². The van der Waals surface area contributed by atoms with Gasteiger partial charge in [0.05, 0.1) is 35.2 Å². The summed E-state index contributed by atoms with van der Waals surface area (Å²) in [6.07, 6.45) is 1.42. The fourth-order valence-corrected chi connectivity index (χ4v) is 2.01. The number of esters is 1. The Labute approximate surface area is 109 Å². The van der Waals surface area contributed by atoms with Crippen LogP contribution in [0.2, 0.25) is 5.02 Å². The number of rotatable bonds is 3. The second-order valence-electron chi connectivity index (χ2n) is 3.56. The Morgan fingerprint density at radius 3 is 2.89 bits per heavy atom.